The van der Waals surface area contributed by atoms with Gasteiger partial charge in [0.2, 0.25) is 11.8 Å². The fourth-order valence-electron chi connectivity index (χ4n) is 3.42. The van der Waals surface area contributed by atoms with E-state index in [1.807, 2.05) is 6.07 Å². The summed E-state index contributed by atoms with van der Waals surface area (Å²) in [5.74, 6) is 0.161. The van der Waals surface area contributed by atoms with Crippen LogP contribution >= 0.6 is 0 Å². The van der Waals surface area contributed by atoms with Gasteiger partial charge in [-0.3, -0.25) is 14.5 Å². The first-order valence-corrected chi connectivity index (χ1v) is 6.94. The number of imide groups is 1. The van der Waals surface area contributed by atoms with Gasteiger partial charge in [-0.15, -0.1) is 0 Å². The number of carbonyl (C=O) groups excluding carboxylic acids is 2. The van der Waals surface area contributed by atoms with Gasteiger partial charge < -0.3 is 0 Å². The summed E-state index contributed by atoms with van der Waals surface area (Å²) in [5.41, 5.74) is 1.38. The minimum atomic E-state index is -0.114. The highest BCUT2D eigenvalue weighted by atomic mass is 16.2. The van der Waals surface area contributed by atoms with Gasteiger partial charge in [-0.2, -0.15) is 5.26 Å². The molecule has 1 aromatic rings. The number of carbonyl (C=O) groups is 2. The summed E-state index contributed by atoms with van der Waals surface area (Å²) < 4.78 is 0. The van der Waals surface area contributed by atoms with Gasteiger partial charge in [0.1, 0.15) is 0 Å². The van der Waals surface area contributed by atoms with E-state index in [9.17, 15) is 9.59 Å². The molecule has 1 aromatic carbocycles. The molecule has 2 unspecified atom stereocenters. The molecule has 1 saturated carbocycles. The minimum Gasteiger partial charge on any atom is -0.278 e. The fourth-order valence-corrected chi connectivity index (χ4v) is 3.42. The molecular formula is C16H16N2O2. The first-order valence-electron chi connectivity index (χ1n) is 6.94. The van der Waals surface area contributed by atoms with Gasteiger partial charge in [0, 0.05) is 0 Å². The van der Waals surface area contributed by atoms with Crippen LogP contribution in [0.15, 0.2) is 24.3 Å². The third-order valence-corrected chi connectivity index (χ3v) is 4.36. The van der Waals surface area contributed by atoms with Crippen molar-refractivity contribution in [3.05, 3.63) is 35.4 Å². The molecule has 0 aromatic heterocycles. The second-order valence-corrected chi connectivity index (χ2v) is 5.86. The van der Waals surface area contributed by atoms with Gasteiger partial charge in [0.25, 0.3) is 0 Å². The lowest BCUT2D eigenvalue weighted by Gasteiger charge is -2.17. The van der Waals surface area contributed by atoms with E-state index in [1.165, 1.54) is 4.90 Å². The smallest absolute Gasteiger partial charge is 0.233 e. The van der Waals surface area contributed by atoms with Crippen LogP contribution in [0.3, 0.4) is 0 Å². The molecule has 4 nitrogen and oxygen atoms in total. The van der Waals surface area contributed by atoms with Crippen LogP contribution in [0.2, 0.25) is 0 Å². The summed E-state index contributed by atoms with van der Waals surface area (Å²) in [6.07, 6.45) is 1.65. The molecule has 2 aliphatic rings. The maximum atomic E-state index is 12.3. The maximum Gasteiger partial charge on any atom is 0.233 e. The number of rotatable bonds is 2. The average Bonchev–Trinajstić information content (AvgIpc) is 2.93. The molecule has 2 amide bonds. The van der Waals surface area contributed by atoms with Crippen molar-refractivity contribution in [1.82, 2.24) is 4.90 Å². The van der Waals surface area contributed by atoms with Gasteiger partial charge in [0.15, 0.2) is 0 Å². The van der Waals surface area contributed by atoms with Gasteiger partial charge in [-0.05, 0) is 36.5 Å². The van der Waals surface area contributed by atoms with Crippen LogP contribution in [0.25, 0.3) is 0 Å². The molecule has 1 aliphatic carbocycles. The van der Waals surface area contributed by atoms with Crippen LogP contribution in [0, 0.1) is 29.1 Å². The summed E-state index contributed by atoms with van der Waals surface area (Å²) in [6.45, 7) is 2.38. The zero-order valence-corrected chi connectivity index (χ0v) is 11.4. The Morgan fingerprint density at radius 3 is 2.50 bits per heavy atom. The van der Waals surface area contributed by atoms with Crippen LogP contribution in [-0.4, -0.2) is 16.7 Å². The third-order valence-electron chi connectivity index (χ3n) is 4.36. The van der Waals surface area contributed by atoms with Crippen LogP contribution < -0.4 is 0 Å². The number of amides is 2. The van der Waals surface area contributed by atoms with Crippen molar-refractivity contribution < 1.29 is 9.59 Å². The molecule has 1 saturated heterocycles. The largest absolute Gasteiger partial charge is 0.278 e. The fraction of sp³-hybridized carbons (Fsp3) is 0.438. The predicted octanol–water partition coefficient (Wildman–Crippen LogP) is 2.09. The SMILES string of the molecule is CC1CC2C(=O)N(Cc3cccc(C#N)c3)C(=O)C2C1. The van der Waals surface area contributed by atoms with Gasteiger partial charge >= 0.3 is 0 Å². The second-order valence-electron chi connectivity index (χ2n) is 5.86. The predicted molar refractivity (Wildman–Crippen MR) is 72.1 cm³/mol. The van der Waals surface area contributed by atoms with Crippen molar-refractivity contribution in [2.24, 2.45) is 17.8 Å². The van der Waals surface area contributed by atoms with E-state index in [1.54, 1.807) is 18.2 Å². The van der Waals surface area contributed by atoms with Crippen LogP contribution in [0.5, 0.6) is 0 Å². The van der Waals surface area contributed by atoms with E-state index in [0.717, 1.165) is 18.4 Å². The first-order chi connectivity index (χ1) is 9.60. The highest BCUT2D eigenvalue weighted by Crippen LogP contribution is 2.43. The van der Waals surface area contributed by atoms with Gasteiger partial charge in [-0.1, -0.05) is 19.1 Å². The maximum absolute atomic E-state index is 12.3. The van der Waals surface area contributed by atoms with E-state index >= 15 is 0 Å². The number of likely N-dealkylation sites (tertiary alicyclic amines) is 1. The summed E-state index contributed by atoms with van der Waals surface area (Å²) in [5, 5.41) is 8.89. The third kappa shape index (κ3) is 2.00. The summed E-state index contributed by atoms with van der Waals surface area (Å²) in [6, 6.07) is 9.15. The Morgan fingerprint density at radius 1 is 1.25 bits per heavy atom. The lowest BCUT2D eigenvalue weighted by Crippen LogP contribution is -2.31. The number of benzene rings is 1. The number of hydrogen-bond acceptors (Lipinski definition) is 3. The lowest BCUT2D eigenvalue weighted by atomic mass is 10.00. The van der Waals surface area contributed by atoms with Gasteiger partial charge in [0.05, 0.1) is 30.0 Å². The molecular weight excluding hydrogens is 252 g/mol. The highest BCUT2D eigenvalue weighted by Gasteiger charge is 2.51. The van der Waals surface area contributed by atoms with Crippen LogP contribution in [0.1, 0.15) is 30.9 Å². The quantitative estimate of drug-likeness (QED) is 0.772. The summed E-state index contributed by atoms with van der Waals surface area (Å²) in [7, 11) is 0. The zero-order valence-electron chi connectivity index (χ0n) is 11.4. The first kappa shape index (κ1) is 12.9. The summed E-state index contributed by atoms with van der Waals surface area (Å²) >= 11 is 0. The second kappa shape index (κ2) is 4.75. The normalized spacial score (nSPS) is 28.6. The Balaban J connectivity index is 1.80. The Hall–Kier alpha value is -2.15. The van der Waals surface area contributed by atoms with Crippen molar-refractivity contribution in [2.45, 2.75) is 26.3 Å². The Morgan fingerprint density at radius 2 is 1.90 bits per heavy atom. The topological polar surface area (TPSA) is 61.2 Å². The van der Waals surface area contributed by atoms with Crippen LogP contribution in [0.4, 0.5) is 0 Å². The lowest BCUT2D eigenvalue weighted by molar-refractivity contribution is -0.141. The molecule has 0 N–H and O–H groups in total. The number of hydrogen-bond donors (Lipinski definition) is 0. The van der Waals surface area contributed by atoms with E-state index in [-0.39, 0.29) is 30.2 Å². The Kier molecular flexibility index (Phi) is 3.06. The molecule has 0 bridgehead atoms. The Bertz CT molecular complexity index is 593. The van der Waals surface area contributed by atoms with Gasteiger partial charge in [-0.25, -0.2) is 0 Å². The molecule has 0 spiro atoms. The molecule has 20 heavy (non-hydrogen) atoms. The molecule has 2 fully saturated rings. The summed E-state index contributed by atoms with van der Waals surface area (Å²) in [4.78, 5) is 26.1. The molecule has 2 atom stereocenters. The van der Waals surface area contributed by atoms with Crippen molar-refractivity contribution in [1.29, 1.82) is 5.26 Å². The molecule has 102 valence electrons. The zero-order chi connectivity index (χ0) is 14.3. The molecule has 1 aliphatic heterocycles. The van der Waals surface area contributed by atoms with Crippen molar-refractivity contribution >= 4 is 11.8 Å². The van der Waals surface area contributed by atoms with Crippen molar-refractivity contribution in [2.75, 3.05) is 0 Å². The van der Waals surface area contributed by atoms with E-state index in [4.69, 9.17) is 5.26 Å². The monoisotopic (exact) mass is 268 g/mol. The number of nitriles is 1. The van der Waals surface area contributed by atoms with E-state index in [0.29, 0.717) is 11.5 Å². The number of fused-ring (bicyclic) bond motifs is 1. The van der Waals surface area contributed by atoms with E-state index < -0.39 is 0 Å². The average molecular weight is 268 g/mol. The molecule has 4 heteroatoms. The molecule has 1 heterocycles. The van der Waals surface area contributed by atoms with Crippen LogP contribution in [-0.2, 0) is 16.1 Å². The standard InChI is InChI=1S/C16H16N2O2/c1-10-5-13-14(6-10)16(20)18(15(13)19)9-12-4-2-3-11(7-12)8-17/h2-4,7,10,13-14H,5-6,9H2,1H3. The minimum absolute atomic E-state index is 0.0355. The Labute approximate surface area is 118 Å². The van der Waals surface area contributed by atoms with Crippen molar-refractivity contribution in [3.8, 4) is 6.07 Å². The van der Waals surface area contributed by atoms with Crippen molar-refractivity contribution in [3.63, 3.8) is 0 Å². The molecule has 3 rings (SSSR count). The van der Waals surface area contributed by atoms with E-state index in [2.05, 4.69) is 13.0 Å². The highest BCUT2D eigenvalue weighted by molar-refractivity contribution is 6.05. The molecule has 0 radical (unpaired) electrons. The number of nitrogens with zero attached hydrogens (tertiary/aromatic N) is 2.